The topological polar surface area (TPSA) is 113 Å². The van der Waals surface area contributed by atoms with Crippen LogP contribution in [0.2, 0.25) is 0 Å². The zero-order chi connectivity index (χ0) is 19.4. The highest BCUT2D eigenvalue weighted by Gasteiger charge is 2.25. The second-order valence-corrected chi connectivity index (χ2v) is 6.41. The van der Waals surface area contributed by atoms with Crippen molar-refractivity contribution in [2.24, 2.45) is 0 Å². The third kappa shape index (κ3) is 4.69. The minimum atomic E-state index is -0.566. The van der Waals surface area contributed by atoms with Crippen LogP contribution in [0.4, 0.5) is 26.5 Å². The van der Waals surface area contributed by atoms with Crippen LogP contribution in [0.15, 0.2) is 30.5 Å². The summed E-state index contributed by atoms with van der Waals surface area (Å²) in [6.45, 7) is 2.40. The first-order chi connectivity index (χ1) is 12.9. The molecule has 1 aromatic carbocycles. The number of amides is 3. The van der Waals surface area contributed by atoms with Crippen LogP contribution in [0.1, 0.15) is 31.4 Å². The number of nitrogen functional groups attached to an aromatic ring is 1. The zero-order valence-corrected chi connectivity index (χ0v) is 14.9. The molecule has 2 aromatic rings. The third-order valence-electron chi connectivity index (χ3n) is 4.42. The summed E-state index contributed by atoms with van der Waals surface area (Å²) in [6, 6.07) is 5.48. The number of urea groups is 1. The summed E-state index contributed by atoms with van der Waals surface area (Å²) in [6.07, 6.45) is 3.10. The fraction of sp³-hybridized carbons (Fsp3) is 0.333. The number of benzene rings is 1. The molecule has 1 aliphatic rings. The van der Waals surface area contributed by atoms with E-state index < -0.39 is 5.82 Å². The van der Waals surface area contributed by atoms with Gasteiger partial charge in [0.2, 0.25) is 11.9 Å². The van der Waals surface area contributed by atoms with E-state index in [0.717, 1.165) is 18.5 Å². The van der Waals surface area contributed by atoms with Crippen molar-refractivity contribution in [3.8, 4) is 0 Å². The second-order valence-electron chi connectivity index (χ2n) is 6.41. The number of anilines is 3. The molecule has 0 bridgehead atoms. The summed E-state index contributed by atoms with van der Waals surface area (Å²) in [7, 11) is 0. The minimum absolute atomic E-state index is 0.0250. The van der Waals surface area contributed by atoms with Gasteiger partial charge in [0.1, 0.15) is 5.82 Å². The lowest BCUT2D eigenvalue weighted by molar-refractivity contribution is -0.114. The third-order valence-corrected chi connectivity index (χ3v) is 4.42. The fourth-order valence-electron chi connectivity index (χ4n) is 3.09. The number of aromatic nitrogens is 2. The summed E-state index contributed by atoms with van der Waals surface area (Å²) < 4.78 is 14.0. The Kier molecular flexibility index (Phi) is 5.49. The maximum Gasteiger partial charge on any atom is 0.321 e. The van der Waals surface area contributed by atoms with E-state index in [1.54, 1.807) is 11.1 Å². The van der Waals surface area contributed by atoms with Crippen molar-refractivity contribution in [2.75, 3.05) is 29.5 Å². The van der Waals surface area contributed by atoms with Gasteiger partial charge < -0.3 is 21.3 Å². The molecule has 1 fully saturated rings. The second kappa shape index (κ2) is 7.98. The largest absolute Gasteiger partial charge is 0.368 e. The maximum absolute atomic E-state index is 14.0. The van der Waals surface area contributed by atoms with Crippen LogP contribution in [0.3, 0.4) is 0 Å². The van der Waals surface area contributed by atoms with E-state index in [1.165, 1.54) is 25.1 Å². The van der Waals surface area contributed by atoms with Crippen molar-refractivity contribution < 1.29 is 14.0 Å². The molecule has 142 valence electrons. The van der Waals surface area contributed by atoms with Crippen LogP contribution in [0, 0.1) is 5.82 Å². The highest BCUT2D eigenvalue weighted by Crippen LogP contribution is 2.27. The number of nitrogens with zero attached hydrogens (tertiary/aromatic N) is 3. The molecule has 0 aliphatic carbocycles. The number of carbonyl (C=O) groups is 2. The van der Waals surface area contributed by atoms with E-state index in [-0.39, 0.29) is 29.5 Å². The number of halogens is 1. The normalized spacial score (nSPS) is 14.7. The molecule has 0 atom stereocenters. The predicted octanol–water partition coefficient (Wildman–Crippen LogP) is 2.57. The predicted molar refractivity (Wildman–Crippen MR) is 99.7 cm³/mol. The first kappa shape index (κ1) is 18.6. The van der Waals surface area contributed by atoms with E-state index in [2.05, 4.69) is 20.6 Å². The molecule has 4 N–H and O–H groups in total. The molecule has 1 saturated heterocycles. The lowest BCUT2D eigenvalue weighted by Crippen LogP contribution is -2.40. The summed E-state index contributed by atoms with van der Waals surface area (Å²) in [5.41, 5.74) is 6.94. The molecule has 8 nitrogen and oxygen atoms in total. The van der Waals surface area contributed by atoms with Crippen LogP contribution in [-0.4, -0.2) is 39.9 Å². The summed E-state index contributed by atoms with van der Waals surface area (Å²) in [5, 5.41) is 5.13. The van der Waals surface area contributed by atoms with Gasteiger partial charge in [0.15, 0.2) is 0 Å². The number of nitrogens with one attached hydrogen (secondary N) is 2. The molecule has 2 heterocycles. The van der Waals surface area contributed by atoms with Crippen LogP contribution < -0.4 is 16.4 Å². The van der Waals surface area contributed by atoms with Crippen LogP contribution in [0.25, 0.3) is 0 Å². The lowest BCUT2D eigenvalue weighted by Gasteiger charge is -2.31. The number of nitrogens with two attached hydrogens (primary N) is 1. The maximum atomic E-state index is 14.0. The number of hydrogen-bond donors (Lipinski definition) is 3. The molecule has 3 rings (SSSR count). The molecule has 27 heavy (non-hydrogen) atoms. The smallest absolute Gasteiger partial charge is 0.321 e. The van der Waals surface area contributed by atoms with Gasteiger partial charge in [-0.25, -0.2) is 19.2 Å². The first-order valence-corrected chi connectivity index (χ1v) is 8.64. The molecule has 0 unspecified atom stereocenters. The van der Waals surface area contributed by atoms with E-state index in [1.807, 2.05) is 6.07 Å². The van der Waals surface area contributed by atoms with E-state index in [4.69, 9.17) is 5.73 Å². The molecule has 0 spiro atoms. The van der Waals surface area contributed by atoms with Crippen LogP contribution >= 0.6 is 0 Å². The van der Waals surface area contributed by atoms with Gasteiger partial charge in [-0.05, 0) is 37.1 Å². The lowest BCUT2D eigenvalue weighted by atomic mass is 9.93. The van der Waals surface area contributed by atoms with Gasteiger partial charge in [-0.3, -0.25) is 4.79 Å². The Bertz CT molecular complexity index is 851. The Hall–Kier alpha value is -3.23. The monoisotopic (exact) mass is 372 g/mol. The zero-order valence-electron chi connectivity index (χ0n) is 14.9. The summed E-state index contributed by atoms with van der Waals surface area (Å²) in [5.74, 6) is -0.392. The Morgan fingerprint density at radius 3 is 2.63 bits per heavy atom. The summed E-state index contributed by atoms with van der Waals surface area (Å²) in [4.78, 5) is 33.4. The van der Waals surface area contributed by atoms with Crippen molar-refractivity contribution in [2.45, 2.75) is 25.7 Å². The molecule has 1 aromatic heterocycles. The number of rotatable bonds is 3. The average Bonchev–Trinajstić information content (AvgIpc) is 2.64. The van der Waals surface area contributed by atoms with Gasteiger partial charge in [0.25, 0.3) is 0 Å². The van der Waals surface area contributed by atoms with E-state index >= 15 is 0 Å². The van der Waals surface area contributed by atoms with Crippen LogP contribution in [0.5, 0.6) is 0 Å². The molecular formula is C18H21FN6O2. The van der Waals surface area contributed by atoms with Crippen molar-refractivity contribution in [1.29, 1.82) is 0 Å². The molecule has 1 aliphatic heterocycles. The molecule has 0 radical (unpaired) electrons. The Morgan fingerprint density at radius 1 is 1.22 bits per heavy atom. The Balaban J connectivity index is 1.60. The van der Waals surface area contributed by atoms with Gasteiger partial charge in [-0.2, -0.15) is 0 Å². The van der Waals surface area contributed by atoms with Crippen molar-refractivity contribution in [3.05, 3.63) is 42.0 Å². The molecule has 3 amide bonds. The van der Waals surface area contributed by atoms with Gasteiger partial charge in [0, 0.05) is 43.5 Å². The van der Waals surface area contributed by atoms with Gasteiger partial charge in [-0.15, -0.1) is 0 Å². The van der Waals surface area contributed by atoms with Gasteiger partial charge in [0.05, 0.1) is 5.69 Å². The van der Waals surface area contributed by atoms with E-state index in [0.29, 0.717) is 18.8 Å². The van der Waals surface area contributed by atoms with E-state index in [9.17, 15) is 14.0 Å². The fourth-order valence-corrected chi connectivity index (χ4v) is 3.09. The minimum Gasteiger partial charge on any atom is -0.368 e. The SMILES string of the molecule is CC(=O)Nc1ccc(F)c(NC(=O)N2CCC(c3ccnc(N)n3)CC2)c1. The quantitative estimate of drug-likeness (QED) is 0.766. The highest BCUT2D eigenvalue weighted by atomic mass is 19.1. The number of carbonyl (C=O) groups excluding carboxylic acids is 2. The summed E-state index contributed by atoms with van der Waals surface area (Å²) >= 11 is 0. The van der Waals surface area contributed by atoms with Crippen molar-refractivity contribution in [1.82, 2.24) is 14.9 Å². The first-order valence-electron chi connectivity index (χ1n) is 8.64. The Labute approximate surface area is 156 Å². The molecular weight excluding hydrogens is 351 g/mol. The van der Waals surface area contributed by atoms with Crippen LogP contribution in [-0.2, 0) is 4.79 Å². The van der Waals surface area contributed by atoms with Gasteiger partial charge in [-0.1, -0.05) is 0 Å². The average molecular weight is 372 g/mol. The van der Waals surface area contributed by atoms with Crippen molar-refractivity contribution in [3.63, 3.8) is 0 Å². The number of hydrogen-bond acceptors (Lipinski definition) is 5. The van der Waals surface area contributed by atoms with Crippen molar-refractivity contribution >= 4 is 29.3 Å². The number of likely N-dealkylation sites (tertiary alicyclic amines) is 1. The Morgan fingerprint density at radius 2 is 1.96 bits per heavy atom. The highest BCUT2D eigenvalue weighted by molar-refractivity contribution is 5.92. The number of piperidine rings is 1. The standard InChI is InChI=1S/C18H21FN6O2/c1-11(26)22-13-2-3-14(19)16(10-13)24-18(27)25-8-5-12(6-9-25)15-4-7-21-17(20)23-15/h2-4,7,10,12H,5-6,8-9H2,1H3,(H,22,26)(H,24,27)(H2,20,21,23). The molecule has 9 heteroatoms. The van der Waals surface area contributed by atoms with Gasteiger partial charge >= 0.3 is 6.03 Å². The molecule has 0 saturated carbocycles.